The molecule has 0 heterocycles. The van der Waals surface area contributed by atoms with E-state index in [0.717, 1.165) is 16.5 Å². The van der Waals surface area contributed by atoms with E-state index in [2.05, 4.69) is 29.6 Å². The number of methoxy groups -OCH3 is 1. The molecule has 1 N–H and O–H groups in total. The summed E-state index contributed by atoms with van der Waals surface area (Å²) >= 11 is 0. The second-order valence-corrected chi connectivity index (χ2v) is 9.30. The first-order valence-electron chi connectivity index (χ1n) is 13.1. The molecule has 0 aromatic heterocycles. The van der Waals surface area contributed by atoms with Crippen LogP contribution in [-0.4, -0.2) is 13.0 Å². The molecule has 41 heavy (non-hydrogen) atoms. The van der Waals surface area contributed by atoms with Crippen LogP contribution in [0.1, 0.15) is 16.7 Å². The van der Waals surface area contributed by atoms with Gasteiger partial charge >= 0.3 is 0 Å². The summed E-state index contributed by atoms with van der Waals surface area (Å²) < 4.78 is 17.3. The Morgan fingerprint density at radius 3 is 2.24 bits per heavy atom. The maximum absolute atomic E-state index is 12.8. The highest BCUT2D eigenvalue weighted by atomic mass is 16.5. The van der Waals surface area contributed by atoms with Crippen molar-refractivity contribution >= 4 is 28.4 Å². The number of benzene rings is 5. The Morgan fingerprint density at radius 2 is 1.49 bits per heavy atom. The monoisotopic (exact) mass is 540 g/mol. The number of nitriles is 1. The molecule has 0 fully saturated rings. The lowest BCUT2D eigenvalue weighted by atomic mass is 10.1. The number of nitrogens with one attached hydrogen (secondary N) is 1. The number of hydrogen-bond acceptors (Lipinski definition) is 5. The second-order valence-electron chi connectivity index (χ2n) is 9.30. The number of anilines is 1. The van der Waals surface area contributed by atoms with Gasteiger partial charge in [0.1, 0.15) is 30.6 Å². The van der Waals surface area contributed by atoms with Crippen molar-refractivity contribution in [1.82, 2.24) is 0 Å². The number of ether oxygens (including phenoxy) is 3. The average molecular weight is 541 g/mol. The van der Waals surface area contributed by atoms with Crippen molar-refractivity contribution in [3.05, 3.63) is 138 Å². The third kappa shape index (κ3) is 7.11. The van der Waals surface area contributed by atoms with E-state index in [-0.39, 0.29) is 5.57 Å². The van der Waals surface area contributed by atoms with Gasteiger partial charge in [-0.1, -0.05) is 72.8 Å². The summed E-state index contributed by atoms with van der Waals surface area (Å²) in [5, 5.41) is 14.8. The van der Waals surface area contributed by atoms with E-state index in [1.807, 2.05) is 54.6 Å². The largest absolute Gasteiger partial charge is 0.493 e. The van der Waals surface area contributed by atoms with Crippen molar-refractivity contribution in [2.24, 2.45) is 0 Å². The summed E-state index contributed by atoms with van der Waals surface area (Å²) in [6.07, 6.45) is 1.52. The zero-order valence-electron chi connectivity index (χ0n) is 22.5. The van der Waals surface area contributed by atoms with Gasteiger partial charge in [0.05, 0.1) is 7.11 Å². The van der Waals surface area contributed by atoms with Gasteiger partial charge in [-0.05, 0) is 76.0 Å². The second kappa shape index (κ2) is 13.0. The molecule has 6 nitrogen and oxygen atoms in total. The fourth-order valence-electron chi connectivity index (χ4n) is 4.27. The van der Waals surface area contributed by atoms with Crippen LogP contribution >= 0.6 is 0 Å². The minimum absolute atomic E-state index is 0.0405. The summed E-state index contributed by atoms with van der Waals surface area (Å²) in [5.74, 6) is 1.23. The number of nitrogens with zero attached hydrogens (tertiary/aromatic N) is 1. The molecule has 1 amide bonds. The lowest BCUT2D eigenvalue weighted by Gasteiger charge is -2.12. The topological polar surface area (TPSA) is 80.6 Å². The van der Waals surface area contributed by atoms with Gasteiger partial charge in [0.15, 0.2) is 11.5 Å². The molecular formula is C35H28N2O4. The van der Waals surface area contributed by atoms with Crippen LogP contribution in [0.25, 0.3) is 16.8 Å². The Bertz CT molecular complexity index is 1720. The van der Waals surface area contributed by atoms with Crippen LogP contribution in [0, 0.1) is 11.3 Å². The first kappa shape index (κ1) is 27.0. The molecule has 0 aliphatic carbocycles. The van der Waals surface area contributed by atoms with Crippen LogP contribution < -0.4 is 19.5 Å². The van der Waals surface area contributed by atoms with Crippen LogP contribution in [0.4, 0.5) is 5.69 Å². The zero-order valence-corrected chi connectivity index (χ0v) is 22.5. The van der Waals surface area contributed by atoms with Crippen molar-refractivity contribution < 1.29 is 19.0 Å². The van der Waals surface area contributed by atoms with E-state index < -0.39 is 5.91 Å². The fraction of sp³-hybridized carbons (Fsp3) is 0.0857. The van der Waals surface area contributed by atoms with Gasteiger partial charge in [0.2, 0.25) is 0 Å². The zero-order chi connectivity index (χ0) is 28.4. The van der Waals surface area contributed by atoms with Crippen molar-refractivity contribution in [3.8, 4) is 23.3 Å². The number of amides is 1. The number of carbonyl (C=O) groups is 1. The van der Waals surface area contributed by atoms with Crippen molar-refractivity contribution in [2.75, 3.05) is 12.4 Å². The molecule has 0 atom stereocenters. The van der Waals surface area contributed by atoms with E-state index in [9.17, 15) is 10.1 Å². The molecule has 6 heteroatoms. The standard InChI is InChI=1S/C35H28N2O4/c1-39-34-21-26(12-18-33(34)41-24-27-11-13-28-9-5-6-10-29(28)20-27)19-30(22-36)35(38)37-31-14-16-32(17-15-31)40-23-25-7-3-2-4-8-25/h2-21H,23-24H2,1H3,(H,37,38)/b30-19+. The van der Waals surface area contributed by atoms with E-state index in [1.165, 1.54) is 11.5 Å². The Balaban J connectivity index is 1.21. The SMILES string of the molecule is COc1cc(/C=C(\C#N)C(=O)Nc2ccc(OCc3ccccc3)cc2)ccc1OCc1ccc2ccccc2c1. The molecular weight excluding hydrogens is 512 g/mol. The van der Waals surface area contributed by atoms with E-state index in [0.29, 0.717) is 41.7 Å². The highest BCUT2D eigenvalue weighted by molar-refractivity contribution is 6.09. The smallest absolute Gasteiger partial charge is 0.266 e. The highest BCUT2D eigenvalue weighted by Gasteiger charge is 2.12. The highest BCUT2D eigenvalue weighted by Crippen LogP contribution is 2.30. The molecule has 0 aliphatic heterocycles. The molecule has 0 aliphatic rings. The number of rotatable bonds is 10. The van der Waals surface area contributed by atoms with Crippen LogP contribution in [0.2, 0.25) is 0 Å². The minimum atomic E-state index is -0.513. The molecule has 0 saturated carbocycles. The molecule has 202 valence electrons. The average Bonchev–Trinajstić information content (AvgIpc) is 3.02. The van der Waals surface area contributed by atoms with Crippen molar-refractivity contribution in [1.29, 1.82) is 5.26 Å². The third-order valence-electron chi connectivity index (χ3n) is 6.43. The van der Waals surface area contributed by atoms with E-state index in [1.54, 1.807) is 49.6 Å². The van der Waals surface area contributed by atoms with Gasteiger partial charge in [-0.25, -0.2) is 0 Å². The summed E-state index contributed by atoms with van der Waals surface area (Å²) in [6, 6.07) is 38.5. The van der Waals surface area contributed by atoms with Gasteiger partial charge in [-0.2, -0.15) is 5.26 Å². The van der Waals surface area contributed by atoms with E-state index >= 15 is 0 Å². The minimum Gasteiger partial charge on any atom is -0.493 e. The predicted molar refractivity (Wildman–Crippen MR) is 161 cm³/mol. The lowest BCUT2D eigenvalue weighted by Crippen LogP contribution is -2.13. The Morgan fingerprint density at radius 1 is 0.756 bits per heavy atom. The van der Waals surface area contributed by atoms with E-state index in [4.69, 9.17) is 14.2 Å². The molecule has 5 aromatic rings. The third-order valence-corrected chi connectivity index (χ3v) is 6.43. The van der Waals surface area contributed by atoms with Crippen molar-refractivity contribution in [2.45, 2.75) is 13.2 Å². The van der Waals surface area contributed by atoms with Gasteiger partial charge in [0, 0.05) is 5.69 Å². The maximum Gasteiger partial charge on any atom is 0.266 e. The van der Waals surface area contributed by atoms with Crippen LogP contribution in [0.15, 0.2) is 121 Å². The molecule has 5 aromatic carbocycles. The van der Waals surface area contributed by atoms with Gasteiger partial charge in [0.25, 0.3) is 5.91 Å². The molecule has 0 radical (unpaired) electrons. The Hall–Kier alpha value is -5.54. The maximum atomic E-state index is 12.8. The lowest BCUT2D eigenvalue weighted by molar-refractivity contribution is -0.112. The Kier molecular flexibility index (Phi) is 8.58. The first-order valence-corrected chi connectivity index (χ1v) is 13.1. The summed E-state index contributed by atoms with van der Waals surface area (Å²) in [5.41, 5.74) is 3.25. The quantitative estimate of drug-likeness (QED) is 0.146. The summed E-state index contributed by atoms with van der Waals surface area (Å²) in [6.45, 7) is 0.822. The molecule has 0 unspecified atom stereocenters. The first-order chi connectivity index (χ1) is 20.1. The summed E-state index contributed by atoms with van der Waals surface area (Å²) in [4.78, 5) is 12.8. The van der Waals surface area contributed by atoms with Gasteiger partial charge < -0.3 is 19.5 Å². The van der Waals surface area contributed by atoms with Crippen LogP contribution in [0.3, 0.4) is 0 Å². The molecule has 0 saturated heterocycles. The number of fused-ring (bicyclic) bond motifs is 1. The fourth-order valence-corrected chi connectivity index (χ4v) is 4.27. The van der Waals surface area contributed by atoms with Gasteiger partial charge in [-0.15, -0.1) is 0 Å². The summed E-state index contributed by atoms with van der Waals surface area (Å²) in [7, 11) is 1.55. The van der Waals surface area contributed by atoms with Crippen molar-refractivity contribution in [3.63, 3.8) is 0 Å². The molecule has 5 rings (SSSR count). The molecule has 0 bridgehead atoms. The van der Waals surface area contributed by atoms with Crippen LogP contribution in [-0.2, 0) is 18.0 Å². The molecule has 0 spiro atoms. The number of hydrogen-bond donors (Lipinski definition) is 1. The number of carbonyl (C=O) groups excluding carboxylic acids is 1. The van der Waals surface area contributed by atoms with Gasteiger partial charge in [-0.3, -0.25) is 4.79 Å². The normalized spacial score (nSPS) is 11.0. The Labute approximate surface area is 239 Å². The predicted octanol–water partition coefficient (Wildman–Crippen LogP) is 7.55. The van der Waals surface area contributed by atoms with Crippen LogP contribution in [0.5, 0.6) is 17.2 Å².